The van der Waals surface area contributed by atoms with Gasteiger partial charge in [-0.1, -0.05) is 39.3 Å². The lowest BCUT2D eigenvalue weighted by atomic mass is 9.78. The molecule has 0 fully saturated rings. The quantitative estimate of drug-likeness (QED) is 0.381. The van der Waals surface area contributed by atoms with Gasteiger partial charge in [0.2, 0.25) is 9.84 Å². The highest BCUT2D eigenvalue weighted by atomic mass is 32.2. The van der Waals surface area contributed by atoms with E-state index >= 15 is 0 Å². The number of aryl methyl sites for hydroxylation is 1. The van der Waals surface area contributed by atoms with Crippen LogP contribution < -0.4 is 0 Å². The van der Waals surface area contributed by atoms with E-state index in [0.29, 0.717) is 37.8 Å². The maximum absolute atomic E-state index is 13.5. The Morgan fingerprint density at radius 3 is 2.56 bits per heavy atom. The van der Waals surface area contributed by atoms with E-state index < -0.39 is 22.4 Å². The van der Waals surface area contributed by atoms with E-state index in [-0.39, 0.29) is 33.3 Å². The van der Waals surface area contributed by atoms with E-state index in [1.165, 1.54) is 12.2 Å². The van der Waals surface area contributed by atoms with Crippen molar-refractivity contribution in [2.75, 3.05) is 0 Å². The molecule has 8 heteroatoms. The number of allylic oxidation sites excluding steroid dienone is 4. The van der Waals surface area contributed by atoms with Gasteiger partial charge in [0.1, 0.15) is 5.76 Å². The van der Waals surface area contributed by atoms with Crippen LogP contribution in [0.15, 0.2) is 63.1 Å². The summed E-state index contributed by atoms with van der Waals surface area (Å²) >= 11 is 0. The number of aliphatic hydroxyl groups is 1. The zero-order valence-electron chi connectivity index (χ0n) is 21.2. The first-order valence-electron chi connectivity index (χ1n) is 12.6. The second kappa shape index (κ2) is 11.4. The van der Waals surface area contributed by atoms with Crippen LogP contribution in [0.1, 0.15) is 77.7 Å². The third kappa shape index (κ3) is 7.58. The molecule has 1 aromatic carbocycles. The van der Waals surface area contributed by atoms with Gasteiger partial charge < -0.3 is 5.11 Å². The molecule has 1 aliphatic heterocycles. The Morgan fingerprint density at radius 1 is 1.11 bits per heavy atom. The van der Waals surface area contributed by atoms with E-state index in [1.54, 1.807) is 30.4 Å². The van der Waals surface area contributed by atoms with Crippen molar-refractivity contribution in [1.29, 1.82) is 0 Å². The van der Waals surface area contributed by atoms with Crippen LogP contribution in [0.4, 0.5) is 18.9 Å². The van der Waals surface area contributed by atoms with Gasteiger partial charge in [-0.15, -0.1) is 0 Å². The molecule has 1 aromatic rings. The van der Waals surface area contributed by atoms with Crippen molar-refractivity contribution in [2.45, 2.75) is 89.6 Å². The molecule has 1 aliphatic carbocycles. The highest BCUT2D eigenvalue weighted by Gasteiger charge is 2.31. The molecule has 4 nitrogen and oxygen atoms in total. The Labute approximate surface area is 212 Å². The van der Waals surface area contributed by atoms with Crippen LogP contribution in [-0.4, -0.2) is 25.4 Å². The van der Waals surface area contributed by atoms with Gasteiger partial charge in [-0.05, 0) is 86.8 Å². The smallest absolute Gasteiger partial charge is 0.389 e. The number of hydrogen-bond donors (Lipinski definition) is 1. The van der Waals surface area contributed by atoms with Gasteiger partial charge in [-0.25, -0.2) is 8.42 Å². The van der Waals surface area contributed by atoms with Gasteiger partial charge in [0, 0.05) is 17.5 Å². The van der Waals surface area contributed by atoms with Crippen LogP contribution in [0.2, 0.25) is 0 Å². The van der Waals surface area contributed by atoms with Crippen molar-refractivity contribution in [2.24, 2.45) is 16.3 Å². The number of hydrogen-bond acceptors (Lipinski definition) is 4. The molecule has 1 heterocycles. The zero-order valence-corrected chi connectivity index (χ0v) is 22.1. The van der Waals surface area contributed by atoms with Crippen LogP contribution in [-0.2, 0) is 16.3 Å². The summed E-state index contributed by atoms with van der Waals surface area (Å²) < 4.78 is 64.7. The molecule has 0 radical (unpaired) electrons. The summed E-state index contributed by atoms with van der Waals surface area (Å²) in [5.74, 6) is -0.0379. The second-order valence-electron chi connectivity index (χ2n) is 10.6. The summed E-state index contributed by atoms with van der Waals surface area (Å²) in [6, 6.07) is 4.95. The van der Waals surface area contributed by atoms with Crippen molar-refractivity contribution >= 4 is 21.2 Å². The third-order valence-corrected chi connectivity index (χ3v) is 8.35. The highest BCUT2D eigenvalue weighted by molar-refractivity contribution is 7.95. The fourth-order valence-corrected chi connectivity index (χ4v) is 6.07. The summed E-state index contributed by atoms with van der Waals surface area (Å²) in [7, 11) is -3.90. The minimum atomic E-state index is -4.14. The number of fused-ring (bicyclic) bond motifs is 1. The van der Waals surface area contributed by atoms with Crippen molar-refractivity contribution in [3.05, 3.63) is 58.7 Å². The molecule has 36 heavy (non-hydrogen) atoms. The van der Waals surface area contributed by atoms with Crippen LogP contribution in [0, 0.1) is 11.3 Å². The van der Waals surface area contributed by atoms with Gasteiger partial charge >= 0.3 is 6.18 Å². The number of sulfone groups is 1. The van der Waals surface area contributed by atoms with Crippen molar-refractivity contribution in [3.63, 3.8) is 0 Å². The van der Waals surface area contributed by atoms with Gasteiger partial charge in [0.15, 0.2) is 0 Å². The van der Waals surface area contributed by atoms with Crippen LogP contribution in [0.25, 0.3) is 0 Å². The monoisotopic (exact) mass is 523 g/mol. The highest BCUT2D eigenvalue weighted by Crippen LogP contribution is 2.38. The summed E-state index contributed by atoms with van der Waals surface area (Å²) in [6.07, 6.45) is 6.13. The second-order valence-corrected chi connectivity index (χ2v) is 12.6. The van der Waals surface area contributed by atoms with Crippen molar-refractivity contribution in [1.82, 2.24) is 0 Å². The molecule has 198 valence electrons. The molecule has 0 saturated carbocycles. The topological polar surface area (TPSA) is 66.7 Å². The average molecular weight is 524 g/mol. The minimum absolute atomic E-state index is 0.0225. The first-order valence-corrected chi connectivity index (χ1v) is 14.1. The molecular formula is C28H36F3NO3S. The first kappa shape index (κ1) is 28.2. The Bertz CT molecular complexity index is 1170. The maximum Gasteiger partial charge on any atom is 0.389 e. The molecule has 0 aromatic heterocycles. The van der Waals surface area contributed by atoms with Crippen LogP contribution in [0.5, 0.6) is 0 Å². The Hall–Kier alpha value is -2.35. The third-order valence-electron chi connectivity index (χ3n) is 6.60. The molecular weight excluding hydrogens is 487 g/mol. The fraction of sp³-hybridized carbons (Fsp3) is 0.536. The molecule has 1 N–H and O–H groups in total. The summed E-state index contributed by atoms with van der Waals surface area (Å²) in [5.41, 5.74) is 2.09. The number of aliphatic imine (C=N–C) groups is 1. The number of benzene rings is 1. The Morgan fingerprint density at radius 2 is 1.86 bits per heavy atom. The van der Waals surface area contributed by atoms with Gasteiger partial charge in [0.05, 0.1) is 15.5 Å². The molecule has 1 atom stereocenters. The van der Waals surface area contributed by atoms with Gasteiger partial charge in [-0.2, -0.15) is 13.2 Å². The normalized spacial score (nSPS) is 23.5. The minimum Gasteiger partial charge on any atom is -0.508 e. The number of nitrogens with zero attached hydrogens (tertiary/aromatic N) is 1. The predicted octanol–water partition coefficient (Wildman–Crippen LogP) is 8.33. The Balaban J connectivity index is 1.94. The van der Waals surface area contributed by atoms with Crippen LogP contribution >= 0.6 is 0 Å². The van der Waals surface area contributed by atoms with E-state index in [9.17, 15) is 26.7 Å². The lowest BCUT2D eigenvalue weighted by Crippen LogP contribution is -2.28. The fourth-order valence-electron chi connectivity index (χ4n) is 4.73. The summed E-state index contributed by atoms with van der Waals surface area (Å²) in [4.78, 5) is 5.06. The van der Waals surface area contributed by atoms with Crippen molar-refractivity contribution < 1.29 is 26.7 Å². The van der Waals surface area contributed by atoms with Crippen molar-refractivity contribution in [3.8, 4) is 0 Å². The summed E-state index contributed by atoms with van der Waals surface area (Å²) in [6.45, 7) is 6.09. The number of alkyl halides is 3. The maximum atomic E-state index is 13.5. The number of aliphatic hydroxyl groups excluding tert-OH is 1. The van der Waals surface area contributed by atoms with E-state index in [1.807, 2.05) is 20.8 Å². The lowest BCUT2D eigenvalue weighted by Gasteiger charge is -2.28. The number of unbranched alkanes of at least 4 members (excludes halogenated alkanes) is 1. The molecule has 0 bridgehead atoms. The lowest BCUT2D eigenvalue weighted by molar-refractivity contribution is -0.135. The number of halogens is 3. The average Bonchev–Trinajstić information content (AvgIpc) is 2.88. The molecule has 0 spiro atoms. The first-order chi connectivity index (χ1) is 16.8. The molecule has 1 unspecified atom stereocenters. The standard InChI is InChI=1S/C28H36F3NO3S/c1-27(2,3)26-21(10-8-9-17-28(29,30)31)14-13-20-15-16-24(19-25(20)32-26)36(34,35)23-12-7-5-4-6-11-22(33)18-23/h7,11-12,15-16,18-19,21,33H,4-6,8-10,13-14,17H2,1-3H3/b12-7-,22-11+,23-18+. The SMILES string of the molecule is CC(C)(C)C1=Nc2cc(S(=O)(=O)C3=C/C(O)=C\CCC/C=C\3)ccc2CCC1CCCCC(F)(F)F. The molecule has 2 aliphatic rings. The Kier molecular flexibility index (Phi) is 8.91. The van der Waals surface area contributed by atoms with Crippen LogP contribution in [0.3, 0.4) is 0 Å². The molecule has 0 saturated heterocycles. The number of rotatable bonds is 6. The molecule has 3 rings (SSSR count). The predicted molar refractivity (Wildman–Crippen MR) is 138 cm³/mol. The van der Waals surface area contributed by atoms with Gasteiger partial charge in [0.25, 0.3) is 0 Å². The molecule has 0 amide bonds. The van der Waals surface area contributed by atoms with Gasteiger partial charge in [-0.3, -0.25) is 4.99 Å². The zero-order chi connectivity index (χ0) is 26.6. The summed E-state index contributed by atoms with van der Waals surface area (Å²) in [5, 5.41) is 10.1. The van der Waals surface area contributed by atoms with E-state index in [4.69, 9.17) is 4.99 Å². The van der Waals surface area contributed by atoms with E-state index in [2.05, 4.69) is 0 Å². The largest absolute Gasteiger partial charge is 0.508 e. The van der Waals surface area contributed by atoms with E-state index in [0.717, 1.165) is 24.1 Å².